The summed E-state index contributed by atoms with van der Waals surface area (Å²) in [5, 5.41) is 0.662. The molecule has 0 unspecified atom stereocenters. The molecule has 0 saturated heterocycles. The minimum atomic E-state index is -0.0629. The number of aryl methyl sites for hydroxylation is 1. The highest BCUT2D eigenvalue weighted by molar-refractivity contribution is 6.30. The van der Waals surface area contributed by atoms with Crippen molar-refractivity contribution in [1.29, 1.82) is 0 Å². The summed E-state index contributed by atoms with van der Waals surface area (Å²) in [7, 11) is 0. The fourth-order valence-corrected chi connectivity index (χ4v) is 3.45. The topological polar surface area (TPSA) is 61.9 Å². The molecule has 0 fully saturated rings. The second kappa shape index (κ2) is 7.02. The highest BCUT2D eigenvalue weighted by atomic mass is 35.5. The molecule has 6 heteroatoms. The zero-order valence-electron chi connectivity index (χ0n) is 14.5. The van der Waals surface area contributed by atoms with Gasteiger partial charge in [0.1, 0.15) is 5.82 Å². The van der Waals surface area contributed by atoms with Crippen molar-refractivity contribution in [2.24, 2.45) is 0 Å². The van der Waals surface area contributed by atoms with Gasteiger partial charge in [0, 0.05) is 49.0 Å². The van der Waals surface area contributed by atoms with E-state index in [1.165, 1.54) is 0 Å². The Balaban J connectivity index is 1.58. The van der Waals surface area contributed by atoms with Gasteiger partial charge in [0.15, 0.2) is 0 Å². The Hall–Kier alpha value is -2.50. The van der Waals surface area contributed by atoms with Gasteiger partial charge >= 0.3 is 0 Å². The first kappa shape index (κ1) is 16.9. The van der Waals surface area contributed by atoms with Crippen LogP contribution in [0.4, 0.5) is 0 Å². The van der Waals surface area contributed by atoms with Crippen molar-refractivity contribution in [2.45, 2.75) is 26.4 Å². The minimum Gasteiger partial charge on any atom is -0.306 e. The summed E-state index contributed by atoms with van der Waals surface area (Å²) >= 11 is 5.94. The van der Waals surface area contributed by atoms with Crippen molar-refractivity contribution in [3.8, 4) is 11.4 Å². The largest absolute Gasteiger partial charge is 0.306 e. The van der Waals surface area contributed by atoms with E-state index in [1.807, 2.05) is 31.5 Å². The van der Waals surface area contributed by atoms with Crippen LogP contribution in [0.5, 0.6) is 0 Å². The number of rotatable bonds is 3. The number of H-pyrrole nitrogens is 1. The van der Waals surface area contributed by atoms with Gasteiger partial charge in [-0.1, -0.05) is 17.7 Å². The second-order valence-corrected chi connectivity index (χ2v) is 7.11. The molecule has 5 nitrogen and oxygen atoms in total. The van der Waals surface area contributed by atoms with Crippen LogP contribution in [0.15, 0.2) is 47.5 Å². The summed E-state index contributed by atoms with van der Waals surface area (Å²) in [4.78, 5) is 26.7. The van der Waals surface area contributed by atoms with Crippen LogP contribution in [0.2, 0.25) is 5.02 Å². The van der Waals surface area contributed by atoms with E-state index in [9.17, 15) is 4.79 Å². The van der Waals surface area contributed by atoms with E-state index in [1.54, 1.807) is 12.1 Å². The van der Waals surface area contributed by atoms with Crippen LogP contribution in [-0.2, 0) is 19.5 Å². The summed E-state index contributed by atoms with van der Waals surface area (Å²) in [5.74, 6) is 0.599. The van der Waals surface area contributed by atoms with Gasteiger partial charge in [-0.05, 0) is 42.3 Å². The first-order valence-corrected chi connectivity index (χ1v) is 8.97. The average molecular weight is 367 g/mol. The van der Waals surface area contributed by atoms with Gasteiger partial charge in [-0.15, -0.1) is 0 Å². The first-order valence-electron chi connectivity index (χ1n) is 8.59. The lowest BCUT2D eigenvalue weighted by Crippen LogP contribution is -2.35. The van der Waals surface area contributed by atoms with Gasteiger partial charge in [0.05, 0.1) is 11.3 Å². The third kappa shape index (κ3) is 3.54. The molecule has 2 aromatic heterocycles. The number of nitrogens with one attached hydrogen (secondary N) is 1. The van der Waals surface area contributed by atoms with Crippen LogP contribution in [0, 0.1) is 6.92 Å². The molecule has 1 aliphatic rings. The van der Waals surface area contributed by atoms with E-state index in [2.05, 4.69) is 20.9 Å². The third-order valence-electron chi connectivity index (χ3n) is 4.60. The van der Waals surface area contributed by atoms with Crippen molar-refractivity contribution in [2.75, 3.05) is 6.54 Å². The third-order valence-corrected chi connectivity index (χ3v) is 4.86. The van der Waals surface area contributed by atoms with E-state index in [0.717, 1.165) is 47.5 Å². The molecule has 3 heterocycles. The maximum Gasteiger partial charge on any atom is 0.255 e. The van der Waals surface area contributed by atoms with Crippen LogP contribution >= 0.6 is 11.6 Å². The molecule has 0 atom stereocenters. The smallest absolute Gasteiger partial charge is 0.255 e. The maximum atomic E-state index is 12.6. The molecule has 132 valence electrons. The summed E-state index contributed by atoms with van der Waals surface area (Å²) in [6, 6.07) is 9.47. The summed E-state index contributed by atoms with van der Waals surface area (Å²) in [6.07, 6.45) is 4.50. The predicted octanol–water partition coefficient (Wildman–Crippen LogP) is 3.35. The number of aromatic amines is 1. The average Bonchev–Trinajstić information content (AvgIpc) is 2.63. The molecule has 0 amide bonds. The number of fused-ring (bicyclic) bond motifs is 1. The zero-order valence-corrected chi connectivity index (χ0v) is 15.3. The van der Waals surface area contributed by atoms with Gasteiger partial charge in [0.25, 0.3) is 5.56 Å². The van der Waals surface area contributed by atoms with Crippen LogP contribution in [0.25, 0.3) is 11.4 Å². The molecule has 4 rings (SSSR count). The fourth-order valence-electron chi connectivity index (χ4n) is 3.32. The minimum absolute atomic E-state index is 0.0629. The Morgan fingerprint density at radius 3 is 2.81 bits per heavy atom. The molecule has 26 heavy (non-hydrogen) atoms. The van der Waals surface area contributed by atoms with Crippen molar-refractivity contribution in [3.05, 3.63) is 80.5 Å². The molecule has 3 aromatic rings. The Morgan fingerprint density at radius 2 is 2.04 bits per heavy atom. The SMILES string of the molecule is Cc1cncc(CN2CCc3nc(-c4ccc(Cl)cc4)[nH]c(=O)c3C2)c1. The van der Waals surface area contributed by atoms with E-state index < -0.39 is 0 Å². The van der Waals surface area contributed by atoms with E-state index in [4.69, 9.17) is 16.6 Å². The number of aromatic nitrogens is 3. The fraction of sp³-hybridized carbons (Fsp3) is 0.250. The summed E-state index contributed by atoms with van der Waals surface area (Å²) < 4.78 is 0. The molecule has 0 aliphatic carbocycles. The lowest BCUT2D eigenvalue weighted by molar-refractivity contribution is 0.241. The number of halogens is 1. The highest BCUT2D eigenvalue weighted by Crippen LogP contribution is 2.21. The number of hydrogen-bond acceptors (Lipinski definition) is 4. The number of benzene rings is 1. The molecule has 0 bridgehead atoms. The molecule has 1 aliphatic heterocycles. The molecule has 1 N–H and O–H groups in total. The summed E-state index contributed by atoms with van der Waals surface area (Å²) in [5.41, 5.74) is 4.75. The number of hydrogen-bond donors (Lipinski definition) is 1. The highest BCUT2D eigenvalue weighted by Gasteiger charge is 2.21. The van der Waals surface area contributed by atoms with Crippen LogP contribution < -0.4 is 5.56 Å². The van der Waals surface area contributed by atoms with Crippen molar-refractivity contribution >= 4 is 11.6 Å². The van der Waals surface area contributed by atoms with Gasteiger partial charge in [-0.25, -0.2) is 4.98 Å². The van der Waals surface area contributed by atoms with E-state index >= 15 is 0 Å². The Bertz CT molecular complexity index is 997. The quantitative estimate of drug-likeness (QED) is 0.772. The van der Waals surface area contributed by atoms with Gasteiger partial charge < -0.3 is 4.98 Å². The standard InChI is InChI=1S/C20H19ClN4O/c1-13-8-14(10-22-9-13)11-25-7-6-18-17(12-25)20(26)24-19(23-18)15-2-4-16(21)5-3-15/h2-5,8-10H,6-7,11-12H2,1H3,(H,23,24,26). The first-order chi connectivity index (χ1) is 12.6. The second-order valence-electron chi connectivity index (χ2n) is 6.68. The number of pyridine rings is 1. The Morgan fingerprint density at radius 1 is 1.23 bits per heavy atom. The maximum absolute atomic E-state index is 12.6. The van der Waals surface area contributed by atoms with Crippen molar-refractivity contribution in [3.63, 3.8) is 0 Å². The van der Waals surface area contributed by atoms with Gasteiger partial charge in [-0.3, -0.25) is 14.7 Å². The molecule has 0 spiro atoms. The van der Waals surface area contributed by atoms with Crippen LogP contribution in [0.3, 0.4) is 0 Å². The van der Waals surface area contributed by atoms with Crippen molar-refractivity contribution in [1.82, 2.24) is 19.9 Å². The van der Waals surface area contributed by atoms with Gasteiger partial charge in [0.2, 0.25) is 0 Å². The molecule has 1 aromatic carbocycles. The van der Waals surface area contributed by atoms with E-state index in [0.29, 0.717) is 17.4 Å². The predicted molar refractivity (Wildman–Crippen MR) is 102 cm³/mol. The van der Waals surface area contributed by atoms with Crippen molar-refractivity contribution < 1.29 is 0 Å². The molecule has 0 radical (unpaired) electrons. The lowest BCUT2D eigenvalue weighted by Gasteiger charge is -2.27. The molecule has 0 saturated carbocycles. The normalized spacial score (nSPS) is 14.2. The van der Waals surface area contributed by atoms with Crippen LogP contribution in [0.1, 0.15) is 22.4 Å². The molecular weight excluding hydrogens is 348 g/mol. The van der Waals surface area contributed by atoms with E-state index in [-0.39, 0.29) is 5.56 Å². The Labute approximate surface area is 156 Å². The molecular formula is C20H19ClN4O. The number of nitrogens with zero attached hydrogens (tertiary/aromatic N) is 3. The lowest BCUT2D eigenvalue weighted by atomic mass is 10.1. The Kier molecular flexibility index (Phi) is 4.57. The van der Waals surface area contributed by atoms with Gasteiger partial charge in [-0.2, -0.15) is 0 Å². The van der Waals surface area contributed by atoms with Crippen LogP contribution in [-0.4, -0.2) is 26.4 Å². The zero-order chi connectivity index (χ0) is 18.1. The summed E-state index contributed by atoms with van der Waals surface area (Å²) in [6.45, 7) is 4.30. The monoisotopic (exact) mass is 366 g/mol.